The monoisotopic (exact) mass is 871 g/mol. The van der Waals surface area contributed by atoms with Gasteiger partial charge in [-0.05, 0) is 118 Å². The molecule has 0 bridgehead atoms. The van der Waals surface area contributed by atoms with Crippen LogP contribution in [0.1, 0.15) is 61.2 Å². The fraction of sp³-hybridized carbons (Fsp3) is 0.0333. The average Bonchev–Trinajstić information content (AvgIpc) is 3.35. The van der Waals surface area contributed by atoms with E-state index in [0.717, 1.165) is 61.6 Å². The third-order valence-electron chi connectivity index (χ3n) is 10.8. The lowest BCUT2D eigenvalue weighted by atomic mass is 9.96. The lowest BCUT2D eigenvalue weighted by molar-refractivity contribution is -0.133. The largest absolute Gasteiger partial charge is 0.486 e. The van der Waals surface area contributed by atoms with E-state index in [1.54, 1.807) is 24.3 Å². The summed E-state index contributed by atoms with van der Waals surface area (Å²) in [4.78, 5) is 30.9. The molecule has 7 aromatic rings. The second-order valence-electron chi connectivity index (χ2n) is 15.7. The summed E-state index contributed by atoms with van der Waals surface area (Å²) in [6.45, 7) is 18.4. The van der Waals surface area contributed by atoms with Crippen molar-refractivity contribution in [2.75, 3.05) is 4.90 Å². The number of hydrogen-bond acceptors (Lipinski definition) is 3. The Kier molecular flexibility index (Phi) is 14.9. The summed E-state index contributed by atoms with van der Waals surface area (Å²) >= 11 is 0. The molecular formula is C60H45N3O4. The number of carboxylic acids is 2. The molecule has 0 fully saturated rings. The van der Waals surface area contributed by atoms with Gasteiger partial charge in [-0.1, -0.05) is 187 Å². The van der Waals surface area contributed by atoms with Gasteiger partial charge in [0.15, 0.2) is 0 Å². The first-order valence-electron chi connectivity index (χ1n) is 21.4. The minimum Gasteiger partial charge on any atom is -0.486 e. The van der Waals surface area contributed by atoms with Crippen LogP contribution in [0.3, 0.4) is 0 Å². The van der Waals surface area contributed by atoms with Crippen LogP contribution in [0, 0.1) is 27.0 Å². The molecule has 0 spiro atoms. The fourth-order valence-corrected chi connectivity index (χ4v) is 7.12. The number of aryl methyl sites for hydroxylation is 2. The molecule has 0 saturated heterocycles. The van der Waals surface area contributed by atoms with E-state index in [0.29, 0.717) is 11.1 Å². The molecule has 324 valence electrons. The van der Waals surface area contributed by atoms with Crippen molar-refractivity contribution in [2.24, 2.45) is 0 Å². The summed E-state index contributed by atoms with van der Waals surface area (Å²) in [5.74, 6) is -2.50. The molecule has 67 heavy (non-hydrogen) atoms. The summed E-state index contributed by atoms with van der Waals surface area (Å²) in [6, 6.07) is 57.0. The smallest absolute Gasteiger partial charge is 0.333 e. The first kappa shape index (κ1) is 45.7. The van der Waals surface area contributed by atoms with Crippen LogP contribution in [-0.4, -0.2) is 22.2 Å². The highest BCUT2D eigenvalue weighted by Gasteiger charge is 2.13. The Morgan fingerprint density at radius 1 is 0.418 bits per heavy atom. The van der Waals surface area contributed by atoms with Gasteiger partial charge in [-0.15, -0.1) is 0 Å². The Balaban J connectivity index is 1.14. The first-order chi connectivity index (χ1) is 32.5. The van der Waals surface area contributed by atoms with Crippen LogP contribution >= 0.6 is 0 Å². The van der Waals surface area contributed by atoms with Gasteiger partial charge in [0.25, 0.3) is 11.4 Å². The van der Waals surface area contributed by atoms with Crippen LogP contribution < -0.4 is 4.90 Å². The highest BCUT2D eigenvalue weighted by atomic mass is 16.4. The number of aliphatic carboxylic acids is 2. The number of hydrogen-bond donors (Lipinski definition) is 2. The molecule has 2 N–H and O–H groups in total. The van der Waals surface area contributed by atoms with E-state index < -0.39 is 11.9 Å². The van der Waals surface area contributed by atoms with Gasteiger partial charge >= 0.3 is 11.9 Å². The lowest BCUT2D eigenvalue weighted by Crippen LogP contribution is -2.09. The van der Waals surface area contributed by atoms with Crippen LogP contribution in [-0.2, 0) is 9.59 Å². The van der Waals surface area contributed by atoms with E-state index in [2.05, 4.69) is 168 Å². The molecule has 0 aliphatic carbocycles. The maximum Gasteiger partial charge on any atom is 0.333 e. The molecule has 0 heterocycles. The molecule has 0 atom stereocenters. The number of rotatable bonds is 15. The standard InChI is InChI=1S/C60H45N3O4/c1-42-8-30-51(31-9-42)56(52-32-10-43(2)11-33-52)7-5-6-44-24-34-53(35-25-44)63(54-36-26-47(27-37-54)14-12-45-16-20-49(21-17-45)40-57(61-3)59(64)65)55-38-28-48(29-39-55)15-13-46-18-22-50(23-19-46)41-58(62-4)60(66)67/h5-41H,1-2H3,(H,64,65)(H,66,67). The lowest BCUT2D eigenvalue weighted by Gasteiger charge is -2.26. The van der Waals surface area contributed by atoms with Crippen LogP contribution in [0.4, 0.5) is 17.1 Å². The van der Waals surface area contributed by atoms with Crippen LogP contribution in [0.15, 0.2) is 193 Å². The van der Waals surface area contributed by atoms with Crippen LogP contribution in [0.25, 0.3) is 57.8 Å². The summed E-state index contributed by atoms with van der Waals surface area (Å²) < 4.78 is 0. The Labute approximate surface area is 391 Å². The summed E-state index contributed by atoms with van der Waals surface area (Å²) in [7, 11) is 0. The molecule has 0 saturated carbocycles. The van der Waals surface area contributed by atoms with Gasteiger partial charge < -0.3 is 15.1 Å². The predicted octanol–water partition coefficient (Wildman–Crippen LogP) is 14.9. The zero-order valence-corrected chi connectivity index (χ0v) is 36.9. The third kappa shape index (κ3) is 12.5. The molecule has 7 rings (SSSR count). The van der Waals surface area contributed by atoms with Crippen molar-refractivity contribution in [1.29, 1.82) is 0 Å². The van der Waals surface area contributed by atoms with Gasteiger partial charge in [0.05, 0.1) is 13.1 Å². The molecule has 7 nitrogen and oxygen atoms in total. The molecule has 0 amide bonds. The summed E-state index contributed by atoms with van der Waals surface area (Å²) in [6.07, 6.45) is 17.1. The van der Waals surface area contributed by atoms with Crippen molar-refractivity contribution in [3.05, 3.63) is 277 Å². The maximum atomic E-state index is 11.3. The van der Waals surface area contributed by atoms with Crippen molar-refractivity contribution in [1.82, 2.24) is 0 Å². The van der Waals surface area contributed by atoms with Gasteiger partial charge in [-0.25, -0.2) is 9.69 Å². The zero-order chi connectivity index (χ0) is 47.1. The Bertz CT molecular complexity index is 2950. The Morgan fingerprint density at radius 2 is 0.701 bits per heavy atom. The number of nitrogens with zero attached hydrogens (tertiary/aromatic N) is 3. The molecule has 0 aliphatic heterocycles. The number of allylic oxidation sites excluding steroid dienone is 2. The molecule has 0 aromatic heterocycles. The molecular weight excluding hydrogens is 827 g/mol. The normalized spacial score (nSPS) is 11.6. The molecule has 7 heteroatoms. The van der Waals surface area contributed by atoms with Gasteiger partial charge in [-0.3, -0.25) is 9.59 Å². The number of benzene rings is 7. The van der Waals surface area contributed by atoms with Gasteiger partial charge in [0, 0.05) is 17.1 Å². The highest BCUT2D eigenvalue weighted by Crippen LogP contribution is 2.35. The average molecular weight is 872 g/mol. The van der Waals surface area contributed by atoms with Crippen LogP contribution in [0.2, 0.25) is 0 Å². The van der Waals surface area contributed by atoms with E-state index in [9.17, 15) is 19.8 Å². The van der Waals surface area contributed by atoms with E-state index in [1.807, 2.05) is 48.6 Å². The first-order valence-corrected chi connectivity index (χ1v) is 21.4. The topological polar surface area (TPSA) is 86.6 Å². The van der Waals surface area contributed by atoms with Crippen LogP contribution in [0.5, 0.6) is 0 Å². The maximum absolute atomic E-state index is 11.3. The SMILES string of the molecule is [C-]#[N+]C(=Cc1ccc(C=Cc2ccc(N(c3ccc(C=CC=C(c4ccc(C)cc4)c4ccc(C)cc4)cc3)c3ccc(C=Cc4ccc(C=C([N+]#[C-])C(=O)O)cc4)cc3)cc2)cc1)C(=O)O. The van der Waals surface area contributed by atoms with Crippen molar-refractivity contribution in [2.45, 2.75) is 13.8 Å². The van der Waals surface area contributed by atoms with Gasteiger partial charge in [0.1, 0.15) is 0 Å². The number of carbonyl (C=O) groups is 2. The van der Waals surface area contributed by atoms with Crippen molar-refractivity contribution in [3.8, 4) is 0 Å². The number of carboxylic acid groups (broad SMARTS) is 2. The highest BCUT2D eigenvalue weighted by molar-refractivity contribution is 5.95. The molecule has 7 aromatic carbocycles. The van der Waals surface area contributed by atoms with E-state index in [-0.39, 0.29) is 11.4 Å². The summed E-state index contributed by atoms with van der Waals surface area (Å²) in [5, 5.41) is 18.4. The Hall–Kier alpha value is -9.30. The quantitative estimate of drug-likeness (QED) is 0.0464. The second-order valence-corrected chi connectivity index (χ2v) is 15.7. The number of anilines is 3. The minimum atomic E-state index is -1.25. The summed E-state index contributed by atoms with van der Waals surface area (Å²) in [5.41, 5.74) is 14.3. The van der Waals surface area contributed by atoms with E-state index in [4.69, 9.17) is 13.1 Å². The molecule has 0 aliphatic rings. The van der Waals surface area contributed by atoms with Crippen molar-refractivity contribution < 1.29 is 19.8 Å². The second kappa shape index (κ2) is 21.9. The van der Waals surface area contributed by atoms with Gasteiger partial charge in [0.2, 0.25) is 0 Å². The van der Waals surface area contributed by atoms with E-state index >= 15 is 0 Å². The van der Waals surface area contributed by atoms with Crippen molar-refractivity contribution >= 4 is 77.1 Å². The van der Waals surface area contributed by atoms with Gasteiger partial charge in [-0.2, -0.15) is 0 Å². The van der Waals surface area contributed by atoms with Crippen molar-refractivity contribution in [3.63, 3.8) is 0 Å². The zero-order valence-electron chi connectivity index (χ0n) is 36.9. The molecule has 0 radical (unpaired) electrons. The Morgan fingerprint density at radius 3 is 1.00 bits per heavy atom. The molecule has 0 unspecified atom stereocenters. The third-order valence-corrected chi connectivity index (χ3v) is 10.8. The van der Waals surface area contributed by atoms with E-state index in [1.165, 1.54) is 23.3 Å². The minimum absolute atomic E-state index is 0.334. The fourth-order valence-electron chi connectivity index (χ4n) is 7.12. The predicted molar refractivity (Wildman–Crippen MR) is 275 cm³/mol.